The van der Waals surface area contributed by atoms with Gasteiger partial charge in [0.05, 0.1) is 18.8 Å². The van der Waals surface area contributed by atoms with Gasteiger partial charge in [0.1, 0.15) is 23.1 Å². The maximum Gasteiger partial charge on any atom is 0.150 e. The summed E-state index contributed by atoms with van der Waals surface area (Å²) in [6, 6.07) is 10.9. The Morgan fingerprint density at radius 3 is 1.29 bits per heavy atom. The highest BCUT2D eigenvalue weighted by atomic mass is 35.7. The first-order valence-corrected chi connectivity index (χ1v) is 7.72. The molecule has 0 aromatic carbocycles. The first-order valence-electron chi connectivity index (χ1n) is 5.03. The molecule has 0 spiro atoms. The number of hydrogen-bond acceptors (Lipinski definition) is 3. The van der Waals surface area contributed by atoms with Gasteiger partial charge in [0, 0.05) is 0 Å². The van der Waals surface area contributed by atoms with Crippen molar-refractivity contribution in [2.75, 3.05) is 0 Å². The predicted octanol–water partition coefficient (Wildman–Crippen LogP) is 2.91. The minimum Gasteiger partial charge on any atom is -0.463 e. The third-order valence-corrected chi connectivity index (χ3v) is 6.51. The van der Waals surface area contributed by atoms with Gasteiger partial charge in [-0.2, -0.15) is 0 Å². The zero-order valence-electron chi connectivity index (χ0n) is 8.75. The highest BCUT2D eigenvalue weighted by Crippen LogP contribution is 2.60. The normalized spacial score (nSPS) is 11.8. The first-order chi connectivity index (χ1) is 8.32. The molecule has 0 unspecified atom stereocenters. The predicted molar refractivity (Wildman–Crippen MR) is 67.8 cm³/mol. The van der Waals surface area contributed by atoms with E-state index >= 15 is 0 Å². The Morgan fingerprint density at radius 1 is 0.706 bits per heavy atom. The Balaban J connectivity index is 2.21. The number of rotatable bonds is 3. The van der Waals surface area contributed by atoms with Gasteiger partial charge in [-0.05, 0) is 36.4 Å². The van der Waals surface area contributed by atoms with E-state index in [9.17, 15) is 0 Å². The minimum absolute atomic E-state index is 0.670. The third-order valence-electron chi connectivity index (χ3n) is 2.43. The second kappa shape index (κ2) is 4.10. The van der Waals surface area contributed by atoms with Crippen LogP contribution in [0.2, 0.25) is 0 Å². The lowest BCUT2D eigenvalue weighted by Gasteiger charge is -2.21. The lowest BCUT2D eigenvalue weighted by molar-refractivity contribution is 0.583. The summed E-state index contributed by atoms with van der Waals surface area (Å²) in [5, 5.41) is 0. The van der Waals surface area contributed by atoms with Gasteiger partial charge in [0.15, 0.2) is 0 Å². The SMILES string of the molecule is Cl[P](c1ccco1)(c1ccco1)c1ccco1. The van der Waals surface area contributed by atoms with Crippen LogP contribution in [0.15, 0.2) is 68.4 Å². The van der Waals surface area contributed by atoms with Crippen LogP contribution in [0.1, 0.15) is 0 Å². The van der Waals surface area contributed by atoms with Crippen molar-refractivity contribution in [1.82, 2.24) is 0 Å². The van der Waals surface area contributed by atoms with Crippen LogP contribution in [0.4, 0.5) is 0 Å². The molecule has 0 aliphatic carbocycles. The summed E-state index contributed by atoms with van der Waals surface area (Å²) >= 11 is 6.77. The average Bonchev–Trinajstić information content (AvgIpc) is 3.10. The molecule has 5 heteroatoms. The lowest BCUT2D eigenvalue weighted by atomic mass is 10.7. The lowest BCUT2D eigenvalue weighted by Crippen LogP contribution is -2.24. The quantitative estimate of drug-likeness (QED) is 0.685. The fraction of sp³-hybridized carbons (Fsp3) is 0. The zero-order chi connectivity index (χ0) is 11.7. The molecule has 1 radical (unpaired) electrons. The number of halogens is 1. The van der Waals surface area contributed by atoms with Gasteiger partial charge >= 0.3 is 0 Å². The molecule has 0 aliphatic rings. The van der Waals surface area contributed by atoms with Crippen LogP contribution in [-0.2, 0) is 0 Å². The molecule has 0 fully saturated rings. The second-order valence-corrected chi connectivity index (χ2v) is 7.46. The van der Waals surface area contributed by atoms with E-state index in [0.717, 1.165) is 0 Å². The van der Waals surface area contributed by atoms with Gasteiger partial charge in [-0.3, -0.25) is 0 Å². The smallest absolute Gasteiger partial charge is 0.150 e. The van der Waals surface area contributed by atoms with Crippen LogP contribution in [-0.4, -0.2) is 0 Å². The van der Waals surface area contributed by atoms with E-state index in [0.29, 0.717) is 16.5 Å². The Hall–Kier alpha value is -1.44. The maximum absolute atomic E-state index is 6.77. The fourth-order valence-electron chi connectivity index (χ4n) is 1.66. The van der Waals surface area contributed by atoms with Crippen molar-refractivity contribution in [3.05, 3.63) is 55.2 Å². The molecule has 0 atom stereocenters. The highest BCUT2D eigenvalue weighted by molar-refractivity contribution is 8.14. The number of furan rings is 3. The molecule has 0 aliphatic heterocycles. The molecule has 3 nitrogen and oxygen atoms in total. The highest BCUT2D eigenvalue weighted by Gasteiger charge is 2.40. The van der Waals surface area contributed by atoms with Crippen molar-refractivity contribution in [3.8, 4) is 0 Å². The Kier molecular flexibility index (Phi) is 2.58. The average molecular weight is 268 g/mol. The monoisotopic (exact) mass is 267 g/mol. The van der Waals surface area contributed by atoms with Crippen LogP contribution >= 0.6 is 17.9 Å². The second-order valence-electron chi connectivity index (χ2n) is 3.44. The van der Waals surface area contributed by atoms with Gasteiger partial charge in [-0.1, -0.05) is 11.2 Å². The van der Waals surface area contributed by atoms with E-state index in [1.54, 1.807) is 37.0 Å². The Labute approximate surface area is 103 Å². The van der Waals surface area contributed by atoms with Crippen molar-refractivity contribution < 1.29 is 13.3 Å². The van der Waals surface area contributed by atoms with E-state index in [-0.39, 0.29) is 0 Å². The molecule has 3 rings (SSSR count). The topological polar surface area (TPSA) is 39.4 Å². The molecule has 87 valence electrons. The molecular formula is C12H9ClO3P. The minimum atomic E-state index is -2.41. The molecule has 0 saturated heterocycles. The molecule has 0 N–H and O–H groups in total. The Morgan fingerprint density at radius 2 is 1.06 bits per heavy atom. The van der Waals surface area contributed by atoms with E-state index in [2.05, 4.69) is 0 Å². The van der Waals surface area contributed by atoms with Crippen molar-refractivity contribution in [1.29, 1.82) is 0 Å². The van der Waals surface area contributed by atoms with E-state index < -0.39 is 6.62 Å². The first kappa shape index (κ1) is 10.7. The van der Waals surface area contributed by atoms with Crippen molar-refractivity contribution in [2.45, 2.75) is 0 Å². The fourth-order valence-corrected chi connectivity index (χ4v) is 4.67. The Bertz CT molecular complexity index is 485. The van der Waals surface area contributed by atoms with Gasteiger partial charge in [-0.25, -0.2) is 0 Å². The standard InChI is InChI=1S/C12H9ClO3P/c13-17(10-4-1-7-14-10,11-5-2-8-15-11)12-6-3-9-16-12/h1-9H. The van der Waals surface area contributed by atoms with E-state index in [1.807, 2.05) is 18.2 Å². The van der Waals surface area contributed by atoms with E-state index in [4.69, 9.17) is 24.5 Å². The van der Waals surface area contributed by atoms with Gasteiger partial charge in [-0.15, -0.1) is 0 Å². The molecule has 0 amide bonds. The summed E-state index contributed by atoms with van der Waals surface area (Å²) in [7, 11) is 0. The molecular weight excluding hydrogens is 259 g/mol. The van der Waals surface area contributed by atoms with Crippen LogP contribution < -0.4 is 16.5 Å². The molecule has 17 heavy (non-hydrogen) atoms. The maximum atomic E-state index is 6.77. The van der Waals surface area contributed by atoms with Crippen LogP contribution in [0, 0.1) is 0 Å². The largest absolute Gasteiger partial charge is 0.463 e. The molecule has 3 heterocycles. The molecule has 3 aromatic rings. The zero-order valence-corrected chi connectivity index (χ0v) is 10.4. The van der Waals surface area contributed by atoms with Crippen molar-refractivity contribution >= 4 is 34.4 Å². The summed E-state index contributed by atoms with van der Waals surface area (Å²) in [5.74, 6) is 0. The third kappa shape index (κ3) is 1.63. The van der Waals surface area contributed by atoms with Crippen LogP contribution in [0.3, 0.4) is 0 Å². The summed E-state index contributed by atoms with van der Waals surface area (Å²) in [5.41, 5.74) is 2.01. The van der Waals surface area contributed by atoms with Gasteiger partial charge in [0.2, 0.25) is 0 Å². The summed E-state index contributed by atoms with van der Waals surface area (Å²) < 4.78 is 16.3. The summed E-state index contributed by atoms with van der Waals surface area (Å²) in [6.45, 7) is -2.41. The molecule has 0 bridgehead atoms. The molecule has 3 aromatic heterocycles. The van der Waals surface area contributed by atoms with E-state index in [1.165, 1.54) is 0 Å². The number of hydrogen-bond donors (Lipinski definition) is 0. The van der Waals surface area contributed by atoms with Crippen molar-refractivity contribution in [2.24, 2.45) is 0 Å². The van der Waals surface area contributed by atoms with Gasteiger partial charge in [0.25, 0.3) is 0 Å². The molecule has 0 saturated carbocycles. The summed E-state index contributed by atoms with van der Waals surface area (Å²) in [6.07, 6.45) is 4.79. The van der Waals surface area contributed by atoms with Crippen LogP contribution in [0.25, 0.3) is 0 Å². The van der Waals surface area contributed by atoms with Crippen LogP contribution in [0.5, 0.6) is 0 Å². The van der Waals surface area contributed by atoms with Crippen molar-refractivity contribution in [3.63, 3.8) is 0 Å². The summed E-state index contributed by atoms with van der Waals surface area (Å²) in [4.78, 5) is 0. The van der Waals surface area contributed by atoms with Gasteiger partial charge < -0.3 is 13.3 Å².